The average molecular weight is 341 g/mol. The Kier molecular flexibility index (Phi) is 3.48. The van der Waals surface area contributed by atoms with Gasteiger partial charge in [0.25, 0.3) is 10.0 Å². The van der Waals surface area contributed by atoms with Crippen LogP contribution in [0, 0.1) is 0 Å². The summed E-state index contributed by atoms with van der Waals surface area (Å²) < 4.78 is 27.6. The third-order valence-corrected chi connectivity index (χ3v) is 5.33. The molecule has 0 aliphatic rings. The molecule has 2 N–H and O–H groups in total. The predicted octanol–water partition coefficient (Wildman–Crippen LogP) is 3.46. The SMILES string of the molecule is O=S(=O)(Nc1nc2ccc(Cl)cc2s1)c1cccc(O)c1. The number of nitrogens with one attached hydrogen (secondary N) is 1. The van der Waals surface area contributed by atoms with Crippen molar-refractivity contribution >= 4 is 48.3 Å². The molecule has 1 heterocycles. The second kappa shape index (κ2) is 5.18. The maximum absolute atomic E-state index is 12.2. The predicted molar refractivity (Wildman–Crippen MR) is 83.5 cm³/mol. The van der Waals surface area contributed by atoms with Gasteiger partial charge in [-0.05, 0) is 30.3 Å². The van der Waals surface area contributed by atoms with Crippen molar-refractivity contribution in [1.29, 1.82) is 0 Å². The van der Waals surface area contributed by atoms with Crippen molar-refractivity contribution in [1.82, 2.24) is 4.98 Å². The average Bonchev–Trinajstić information content (AvgIpc) is 2.79. The van der Waals surface area contributed by atoms with Crippen molar-refractivity contribution < 1.29 is 13.5 Å². The molecule has 0 unspecified atom stereocenters. The topological polar surface area (TPSA) is 79.3 Å². The van der Waals surface area contributed by atoms with Gasteiger partial charge in [0.1, 0.15) is 5.75 Å². The summed E-state index contributed by atoms with van der Waals surface area (Å²) in [5, 5.41) is 10.2. The quantitative estimate of drug-likeness (QED) is 0.765. The molecule has 0 amide bonds. The summed E-state index contributed by atoms with van der Waals surface area (Å²) >= 11 is 7.08. The van der Waals surface area contributed by atoms with Gasteiger partial charge < -0.3 is 5.11 Å². The lowest BCUT2D eigenvalue weighted by molar-refractivity contribution is 0.473. The summed E-state index contributed by atoms with van der Waals surface area (Å²) in [5.74, 6) is -0.117. The molecule has 5 nitrogen and oxygen atoms in total. The maximum Gasteiger partial charge on any atom is 0.263 e. The fourth-order valence-corrected chi connectivity index (χ4v) is 4.18. The van der Waals surface area contributed by atoms with Crippen LogP contribution in [0.4, 0.5) is 5.13 Å². The number of halogens is 1. The Balaban J connectivity index is 1.97. The maximum atomic E-state index is 12.2. The molecule has 0 spiro atoms. The Morgan fingerprint density at radius 3 is 2.76 bits per heavy atom. The van der Waals surface area contributed by atoms with E-state index in [1.165, 1.54) is 35.6 Å². The largest absolute Gasteiger partial charge is 0.508 e. The lowest BCUT2D eigenvalue weighted by Gasteiger charge is -2.04. The summed E-state index contributed by atoms with van der Waals surface area (Å²) in [6.45, 7) is 0. The van der Waals surface area contributed by atoms with Gasteiger partial charge in [0.2, 0.25) is 0 Å². The van der Waals surface area contributed by atoms with Crippen molar-refractivity contribution in [2.24, 2.45) is 0 Å². The number of benzene rings is 2. The Labute approximate surface area is 129 Å². The molecule has 0 aliphatic heterocycles. The van der Waals surface area contributed by atoms with E-state index >= 15 is 0 Å². The number of anilines is 1. The minimum absolute atomic E-state index is 0.0280. The molecule has 3 aromatic rings. The molecule has 21 heavy (non-hydrogen) atoms. The number of nitrogens with zero attached hydrogens (tertiary/aromatic N) is 1. The van der Waals surface area contributed by atoms with Gasteiger partial charge in [0.05, 0.1) is 15.1 Å². The number of aromatic hydroxyl groups is 1. The van der Waals surface area contributed by atoms with E-state index in [0.717, 1.165) is 4.70 Å². The molecular formula is C13H9ClN2O3S2. The summed E-state index contributed by atoms with van der Waals surface area (Å²) in [7, 11) is -3.79. The highest BCUT2D eigenvalue weighted by atomic mass is 35.5. The van der Waals surface area contributed by atoms with Gasteiger partial charge in [-0.3, -0.25) is 4.72 Å². The highest BCUT2D eigenvalue weighted by Gasteiger charge is 2.17. The summed E-state index contributed by atoms with van der Waals surface area (Å²) in [6, 6.07) is 10.6. The van der Waals surface area contributed by atoms with Gasteiger partial charge in [0, 0.05) is 11.1 Å². The zero-order chi connectivity index (χ0) is 15.0. The number of fused-ring (bicyclic) bond motifs is 1. The van der Waals surface area contributed by atoms with Crippen LogP contribution in [0.2, 0.25) is 5.02 Å². The Bertz CT molecular complexity index is 922. The normalized spacial score (nSPS) is 11.7. The van der Waals surface area contributed by atoms with E-state index in [1.54, 1.807) is 18.2 Å². The lowest BCUT2D eigenvalue weighted by Crippen LogP contribution is -2.12. The Hall–Kier alpha value is -1.83. The monoisotopic (exact) mass is 340 g/mol. The van der Waals surface area contributed by atoms with Crippen LogP contribution in [0.1, 0.15) is 0 Å². The molecule has 0 aliphatic carbocycles. The second-order valence-electron chi connectivity index (χ2n) is 4.23. The number of thiazole rings is 1. The van der Waals surface area contributed by atoms with Crippen molar-refractivity contribution in [3.05, 3.63) is 47.5 Å². The van der Waals surface area contributed by atoms with Crippen molar-refractivity contribution in [3.63, 3.8) is 0 Å². The van der Waals surface area contributed by atoms with Crippen LogP contribution in [-0.2, 0) is 10.0 Å². The van der Waals surface area contributed by atoms with Crippen LogP contribution in [0.25, 0.3) is 10.2 Å². The molecule has 3 rings (SSSR count). The minimum atomic E-state index is -3.79. The van der Waals surface area contributed by atoms with E-state index in [4.69, 9.17) is 11.6 Å². The molecule has 0 atom stereocenters. The van der Waals surface area contributed by atoms with Gasteiger partial charge in [-0.25, -0.2) is 13.4 Å². The first-order valence-electron chi connectivity index (χ1n) is 5.82. The molecule has 8 heteroatoms. The Morgan fingerprint density at radius 1 is 1.19 bits per heavy atom. The van der Waals surface area contributed by atoms with Crippen LogP contribution >= 0.6 is 22.9 Å². The fourth-order valence-electron chi connectivity index (χ4n) is 1.77. The number of sulfonamides is 1. The number of phenolic OH excluding ortho intramolecular Hbond substituents is 1. The number of aromatic nitrogens is 1. The number of hydrogen-bond acceptors (Lipinski definition) is 5. The number of phenols is 1. The van der Waals surface area contributed by atoms with Crippen LogP contribution in [0.5, 0.6) is 5.75 Å². The molecule has 1 aromatic heterocycles. The molecule has 0 bridgehead atoms. The van der Waals surface area contributed by atoms with Crippen molar-refractivity contribution in [2.75, 3.05) is 4.72 Å². The third kappa shape index (κ3) is 2.94. The molecule has 0 fully saturated rings. The smallest absolute Gasteiger partial charge is 0.263 e. The zero-order valence-electron chi connectivity index (χ0n) is 10.4. The molecule has 0 saturated carbocycles. The van der Waals surface area contributed by atoms with Crippen LogP contribution in [-0.4, -0.2) is 18.5 Å². The Morgan fingerprint density at radius 2 is 2.00 bits per heavy atom. The summed E-state index contributed by atoms with van der Waals surface area (Å²) in [6.07, 6.45) is 0. The third-order valence-electron chi connectivity index (χ3n) is 2.70. The van der Waals surface area contributed by atoms with E-state index in [-0.39, 0.29) is 15.8 Å². The molecule has 0 radical (unpaired) electrons. The van der Waals surface area contributed by atoms with Crippen molar-refractivity contribution in [3.8, 4) is 5.75 Å². The van der Waals surface area contributed by atoms with Crippen LogP contribution < -0.4 is 4.72 Å². The van der Waals surface area contributed by atoms with E-state index in [9.17, 15) is 13.5 Å². The van der Waals surface area contributed by atoms with Crippen molar-refractivity contribution in [2.45, 2.75) is 4.90 Å². The number of hydrogen-bond donors (Lipinski definition) is 2. The van der Waals surface area contributed by atoms with E-state index in [0.29, 0.717) is 10.5 Å². The van der Waals surface area contributed by atoms with Gasteiger partial charge in [0.15, 0.2) is 5.13 Å². The first kappa shape index (κ1) is 14.1. The summed E-state index contributed by atoms with van der Waals surface area (Å²) in [4.78, 5) is 4.17. The first-order valence-corrected chi connectivity index (χ1v) is 8.50. The first-order chi connectivity index (χ1) is 9.94. The minimum Gasteiger partial charge on any atom is -0.508 e. The molecule has 0 saturated heterocycles. The highest BCUT2D eigenvalue weighted by molar-refractivity contribution is 7.93. The summed E-state index contributed by atoms with van der Waals surface area (Å²) in [5.41, 5.74) is 0.665. The molecular weight excluding hydrogens is 332 g/mol. The van der Waals surface area contributed by atoms with Gasteiger partial charge in [-0.1, -0.05) is 29.0 Å². The lowest BCUT2D eigenvalue weighted by atomic mass is 10.3. The van der Waals surface area contributed by atoms with Gasteiger partial charge in [-0.2, -0.15) is 0 Å². The fraction of sp³-hybridized carbons (Fsp3) is 0. The molecule has 108 valence electrons. The number of rotatable bonds is 3. The molecule has 2 aromatic carbocycles. The van der Waals surface area contributed by atoms with Crippen LogP contribution in [0.3, 0.4) is 0 Å². The van der Waals surface area contributed by atoms with E-state index < -0.39 is 10.0 Å². The zero-order valence-corrected chi connectivity index (χ0v) is 12.8. The van der Waals surface area contributed by atoms with Gasteiger partial charge >= 0.3 is 0 Å². The van der Waals surface area contributed by atoms with E-state index in [2.05, 4.69) is 9.71 Å². The van der Waals surface area contributed by atoms with Crippen LogP contribution in [0.15, 0.2) is 47.4 Å². The second-order valence-corrected chi connectivity index (χ2v) is 7.38. The van der Waals surface area contributed by atoms with E-state index in [1.807, 2.05) is 0 Å². The van der Waals surface area contributed by atoms with Gasteiger partial charge in [-0.15, -0.1) is 0 Å². The highest BCUT2D eigenvalue weighted by Crippen LogP contribution is 2.30. The standard InChI is InChI=1S/C13H9ClN2O3S2/c14-8-4-5-11-12(6-8)20-13(15-11)16-21(18,19)10-3-1-2-9(17)7-10/h1-7,17H,(H,15,16).